The van der Waals surface area contributed by atoms with Gasteiger partial charge in [-0.1, -0.05) is 26.8 Å². The fourth-order valence-corrected chi connectivity index (χ4v) is 1.39. The van der Waals surface area contributed by atoms with E-state index >= 15 is 0 Å². The van der Waals surface area contributed by atoms with E-state index < -0.39 is 7.12 Å². The van der Waals surface area contributed by atoms with Crippen molar-refractivity contribution >= 4 is 7.12 Å². The third-order valence-electron chi connectivity index (χ3n) is 2.07. The summed E-state index contributed by atoms with van der Waals surface area (Å²) in [6.45, 7) is 6.86. The first kappa shape index (κ1) is 8.82. The molecule has 0 spiro atoms. The second kappa shape index (κ2) is 2.99. The Labute approximate surface area is 68.4 Å². The van der Waals surface area contributed by atoms with E-state index in [0.717, 1.165) is 11.9 Å². The van der Waals surface area contributed by atoms with E-state index in [1.807, 2.05) is 0 Å². The molecule has 11 heavy (non-hydrogen) atoms. The van der Waals surface area contributed by atoms with Gasteiger partial charge in [0.15, 0.2) is 0 Å². The topological polar surface area (TPSA) is 29.5 Å². The SMILES string of the molecule is CC/C=C1/B(O)OCC1(C)C. The maximum atomic E-state index is 9.37. The molecular weight excluding hydrogens is 139 g/mol. The fourth-order valence-electron chi connectivity index (χ4n) is 1.39. The third-order valence-corrected chi connectivity index (χ3v) is 2.07. The molecule has 0 saturated carbocycles. The van der Waals surface area contributed by atoms with Crippen LogP contribution in [0.25, 0.3) is 0 Å². The van der Waals surface area contributed by atoms with Crippen molar-refractivity contribution in [3.05, 3.63) is 11.5 Å². The summed E-state index contributed by atoms with van der Waals surface area (Å²) in [5, 5.41) is 9.37. The van der Waals surface area contributed by atoms with Gasteiger partial charge in [0.05, 0.1) is 0 Å². The van der Waals surface area contributed by atoms with Gasteiger partial charge in [0.25, 0.3) is 0 Å². The highest BCUT2D eigenvalue weighted by molar-refractivity contribution is 6.53. The second-order valence-electron chi connectivity index (χ2n) is 3.61. The van der Waals surface area contributed by atoms with E-state index in [4.69, 9.17) is 4.65 Å². The smallest absolute Gasteiger partial charge is 0.423 e. The quantitative estimate of drug-likeness (QED) is 0.578. The van der Waals surface area contributed by atoms with Crippen LogP contribution in [0.15, 0.2) is 11.5 Å². The van der Waals surface area contributed by atoms with Crippen LogP contribution < -0.4 is 0 Å². The Morgan fingerprint density at radius 1 is 1.73 bits per heavy atom. The Morgan fingerprint density at radius 3 is 2.73 bits per heavy atom. The zero-order valence-corrected chi connectivity index (χ0v) is 7.42. The molecule has 1 saturated heterocycles. The maximum Gasteiger partial charge on any atom is 0.487 e. The van der Waals surface area contributed by atoms with Gasteiger partial charge in [0.1, 0.15) is 0 Å². The normalized spacial score (nSPS) is 26.5. The van der Waals surface area contributed by atoms with Crippen LogP contribution in [0.5, 0.6) is 0 Å². The average molecular weight is 154 g/mol. The number of rotatable bonds is 1. The first-order valence-electron chi connectivity index (χ1n) is 4.08. The van der Waals surface area contributed by atoms with Gasteiger partial charge in [0, 0.05) is 12.0 Å². The summed E-state index contributed by atoms with van der Waals surface area (Å²) in [7, 11) is -0.662. The van der Waals surface area contributed by atoms with Gasteiger partial charge in [0.2, 0.25) is 0 Å². The molecule has 1 fully saturated rings. The predicted molar refractivity (Wildman–Crippen MR) is 46.1 cm³/mol. The highest BCUT2D eigenvalue weighted by Crippen LogP contribution is 2.34. The van der Waals surface area contributed by atoms with Crippen molar-refractivity contribution < 1.29 is 9.68 Å². The van der Waals surface area contributed by atoms with Crippen LogP contribution in [0.4, 0.5) is 0 Å². The van der Waals surface area contributed by atoms with Gasteiger partial charge in [-0.25, -0.2) is 0 Å². The first-order chi connectivity index (χ1) is 5.08. The van der Waals surface area contributed by atoms with Gasteiger partial charge < -0.3 is 9.68 Å². The third kappa shape index (κ3) is 1.66. The summed E-state index contributed by atoms with van der Waals surface area (Å²) < 4.78 is 5.12. The molecule has 2 nitrogen and oxygen atoms in total. The van der Waals surface area contributed by atoms with Crippen molar-refractivity contribution in [2.75, 3.05) is 6.61 Å². The van der Waals surface area contributed by atoms with Gasteiger partial charge in [-0.15, -0.1) is 0 Å². The molecule has 62 valence electrons. The zero-order valence-electron chi connectivity index (χ0n) is 7.42. The monoisotopic (exact) mass is 154 g/mol. The summed E-state index contributed by atoms with van der Waals surface area (Å²) in [6, 6.07) is 0. The Morgan fingerprint density at radius 2 is 2.36 bits per heavy atom. The molecule has 0 radical (unpaired) electrons. The summed E-state index contributed by atoms with van der Waals surface area (Å²) in [5.74, 6) is 0. The van der Waals surface area contributed by atoms with Crippen molar-refractivity contribution in [3.8, 4) is 0 Å². The average Bonchev–Trinajstić information content (AvgIpc) is 2.16. The van der Waals surface area contributed by atoms with Gasteiger partial charge in [-0.3, -0.25) is 0 Å². The van der Waals surface area contributed by atoms with Crippen molar-refractivity contribution in [2.24, 2.45) is 5.41 Å². The molecule has 1 N–H and O–H groups in total. The Kier molecular flexibility index (Phi) is 2.40. The van der Waals surface area contributed by atoms with Crippen LogP contribution in [0, 0.1) is 5.41 Å². The summed E-state index contributed by atoms with van der Waals surface area (Å²) in [6.07, 6.45) is 3.01. The molecule has 1 aliphatic heterocycles. The van der Waals surface area contributed by atoms with E-state index in [-0.39, 0.29) is 5.41 Å². The van der Waals surface area contributed by atoms with E-state index in [1.54, 1.807) is 0 Å². The van der Waals surface area contributed by atoms with Crippen LogP contribution in [0.2, 0.25) is 0 Å². The lowest BCUT2D eigenvalue weighted by atomic mass is 9.68. The molecule has 0 bridgehead atoms. The minimum atomic E-state index is -0.662. The molecule has 0 amide bonds. The largest absolute Gasteiger partial charge is 0.487 e. The van der Waals surface area contributed by atoms with Gasteiger partial charge in [-0.2, -0.15) is 0 Å². The number of allylic oxidation sites excluding steroid dienone is 1. The molecule has 0 aromatic carbocycles. The standard InChI is InChI=1S/C8H15BO2/c1-4-5-7-8(2,3)6-11-9(7)10/h5,10H,4,6H2,1-3H3/b7-5+. The molecule has 0 aromatic rings. The summed E-state index contributed by atoms with van der Waals surface area (Å²) >= 11 is 0. The molecule has 1 aliphatic rings. The lowest BCUT2D eigenvalue weighted by molar-refractivity contribution is 0.237. The van der Waals surface area contributed by atoms with Crippen molar-refractivity contribution in [2.45, 2.75) is 27.2 Å². The van der Waals surface area contributed by atoms with Crippen molar-refractivity contribution in [1.82, 2.24) is 0 Å². The molecule has 1 heterocycles. The van der Waals surface area contributed by atoms with Crippen LogP contribution in [0.1, 0.15) is 27.2 Å². The van der Waals surface area contributed by atoms with E-state index in [1.165, 1.54) is 0 Å². The molecule has 0 aromatic heterocycles. The highest BCUT2D eigenvalue weighted by atomic mass is 16.5. The minimum Gasteiger partial charge on any atom is -0.423 e. The highest BCUT2D eigenvalue weighted by Gasteiger charge is 2.40. The van der Waals surface area contributed by atoms with E-state index in [0.29, 0.717) is 6.61 Å². The molecule has 0 unspecified atom stereocenters. The van der Waals surface area contributed by atoms with Crippen molar-refractivity contribution in [3.63, 3.8) is 0 Å². The Bertz CT molecular complexity index is 175. The molecule has 1 rings (SSSR count). The molecular formula is C8H15BO2. The van der Waals surface area contributed by atoms with Crippen molar-refractivity contribution in [1.29, 1.82) is 0 Å². The Balaban J connectivity index is 2.80. The van der Waals surface area contributed by atoms with Crippen LogP contribution in [0.3, 0.4) is 0 Å². The van der Waals surface area contributed by atoms with E-state index in [2.05, 4.69) is 26.8 Å². The Hall–Kier alpha value is -0.275. The van der Waals surface area contributed by atoms with Gasteiger partial charge >= 0.3 is 7.12 Å². The number of hydrogen-bond donors (Lipinski definition) is 1. The summed E-state index contributed by atoms with van der Waals surface area (Å²) in [5.41, 5.74) is 1.05. The molecule has 0 aliphatic carbocycles. The van der Waals surface area contributed by atoms with Gasteiger partial charge in [-0.05, 0) is 11.9 Å². The minimum absolute atomic E-state index is 0.0232. The van der Waals surface area contributed by atoms with Crippen LogP contribution in [-0.2, 0) is 4.65 Å². The zero-order chi connectivity index (χ0) is 8.48. The molecule has 3 heteroatoms. The van der Waals surface area contributed by atoms with Crippen LogP contribution in [-0.4, -0.2) is 18.7 Å². The maximum absolute atomic E-state index is 9.37. The lowest BCUT2D eigenvalue weighted by Gasteiger charge is -2.17. The number of hydrogen-bond acceptors (Lipinski definition) is 2. The predicted octanol–water partition coefficient (Wildman–Crippen LogP) is 1.40. The first-order valence-corrected chi connectivity index (χ1v) is 4.08. The summed E-state index contributed by atoms with van der Waals surface area (Å²) in [4.78, 5) is 0. The van der Waals surface area contributed by atoms with E-state index in [9.17, 15) is 5.02 Å². The second-order valence-corrected chi connectivity index (χ2v) is 3.61. The lowest BCUT2D eigenvalue weighted by Crippen LogP contribution is -2.18. The van der Waals surface area contributed by atoms with Crippen LogP contribution >= 0.6 is 0 Å². The molecule has 0 atom stereocenters. The fraction of sp³-hybridized carbons (Fsp3) is 0.750.